The van der Waals surface area contributed by atoms with Crippen LogP contribution in [0.2, 0.25) is 0 Å². The predicted molar refractivity (Wildman–Crippen MR) is 163 cm³/mol. The molecular formula is C36H28O9. The summed E-state index contributed by atoms with van der Waals surface area (Å²) in [4.78, 5) is 24.9. The Morgan fingerprint density at radius 1 is 0.778 bits per heavy atom. The van der Waals surface area contributed by atoms with E-state index in [1.807, 2.05) is 91.0 Å². The molecule has 0 radical (unpaired) electrons. The number of methoxy groups -OCH3 is 1. The number of benzene rings is 5. The molecule has 0 bridgehead atoms. The van der Waals surface area contributed by atoms with Crippen LogP contribution < -0.4 is 23.7 Å². The minimum Gasteiger partial charge on any atom is -0.502 e. The molecule has 45 heavy (non-hydrogen) atoms. The summed E-state index contributed by atoms with van der Waals surface area (Å²) in [5, 5.41) is 11.6. The third kappa shape index (κ3) is 6.37. The van der Waals surface area contributed by atoms with Crippen LogP contribution in [0.4, 0.5) is 0 Å². The maximum Gasteiger partial charge on any atom is 0.338 e. The van der Waals surface area contributed by atoms with Gasteiger partial charge in [0.25, 0.3) is 6.29 Å². The van der Waals surface area contributed by atoms with Crippen molar-refractivity contribution < 1.29 is 43.1 Å². The van der Waals surface area contributed by atoms with Gasteiger partial charge in [-0.2, -0.15) is 0 Å². The highest BCUT2D eigenvalue weighted by Crippen LogP contribution is 2.53. The van der Waals surface area contributed by atoms with Crippen LogP contribution in [-0.4, -0.2) is 24.5 Å². The van der Waals surface area contributed by atoms with Crippen LogP contribution in [0.1, 0.15) is 43.7 Å². The first-order valence-corrected chi connectivity index (χ1v) is 14.0. The average Bonchev–Trinajstić information content (AvgIpc) is 3.53. The molecule has 1 atom stereocenters. The molecule has 9 heteroatoms. The quantitative estimate of drug-likeness (QED) is 0.122. The van der Waals surface area contributed by atoms with Crippen molar-refractivity contribution in [2.45, 2.75) is 19.5 Å². The molecule has 0 aliphatic carbocycles. The molecule has 0 amide bonds. The lowest BCUT2D eigenvalue weighted by Crippen LogP contribution is -2.07. The Morgan fingerprint density at radius 3 is 2.02 bits per heavy atom. The number of ether oxygens (including phenoxy) is 6. The van der Waals surface area contributed by atoms with Gasteiger partial charge in [-0.3, -0.25) is 4.79 Å². The molecule has 9 nitrogen and oxygen atoms in total. The molecule has 226 valence electrons. The zero-order chi connectivity index (χ0) is 31.2. The number of carbonyl (C=O) groups is 2. The number of phenolic OH excluding ortho intramolecular Hbond substituents is 1. The molecular weight excluding hydrogens is 576 g/mol. The number of carbonyl (C=O) groups excluding carboxylic acids is 2. The molecule has 0 spiro atoms. The van der Waals surface area contributed by atoms with Gasteiger partial charge in [-0.25, -0.2) is 4.79 Å². The molecule has 1 aliphatic rings. The number of aromatic hydroxyl groups is 1. The number of hydrogen-bond donors (Lipinski definition) is 1. The van der Waals surface area contributed by atoms with E-state index < -0.39 is 18.0 Å². The van der Waals surface area contributed by atoms with Crippen molar-refractivity contribution in [1.82, 2.24) is 0 Å². The number of rotatable bonds is 11. The Hall–Kier alpha value is -5.96. The zero-order valence-electron chi connectivity index (χ0n) is 24.2. The van der Waals surface area contributed by atoms with Crippen molar-refractivity contribution >= 4 is 12.3 Å². The maximum absolute atomic E-state index is 12.6. The van der Waals surface area contributed by atoms with Gasteiger partial charge in [0.05, 0.1) is 18.2 Å². The topological polar surface area (TPSA) is 110 Å². The SMILES string of the molecule is COC(=O)c1cc(Oc2c(C=O)cc(OCc3ccccc3)c(OCc3ccccc3)c2O)c2c(c1)OC(c1ccccc1)O2. The van der Waals surface area contributed by atoms with Crippen molar-refractivity contribution in [3.8, 4) is 40.2 Å². The smallest absolute Gasteiger partial charge is 0.338 e. The Morgan fingerprint density at radius 2 is 1.40 bits per heavy atom. The van der Waals surface area contributed by atoms with E-state index in [1.165, 1.54) is 25.3 Å². The van der Waals surface area contributed by atoms with Gasteiger partial charge < -0.3 is 33.5 Å². The normalized spacial score (nSPS) is 13.1. The first-order valence-electron chi connectivity index (χ1n) is 14.0. The first kappa shape index (κ1) is 29.1. The second-order valence-electron chi connectivity index (χ2n) is 10.0. The highest BCUT2D eigenvalue weighted by atomic mass is 16.7. The van der Waals surface area contributed by atoms with Gasteiger partial charge in [-0.05, 0) is 29.3 Å². The van der Waals surface area contributed by atoms with E-state index in [1.54, 1.807) is 0 Å². The Bertz CT molecular complexity index is 1810. The van der Waals surface area contributed by atoms with Gasteiger partial charge in [0.1, 0.15) is 13.2 Å². The zero-order valence-corrected chi connectivity index (χ0v) is 24.2. The fraction of sp³-hybridized carbons (Fsp3) is 0.111. The lowest BCUT2D eigenvalue weighted by Gasteiger charge is -2.19. The van der Waals surface area contributed by atoms with E-state index in [9.17, 15) is 14.7 Å². The van der Waals surface area contributed by atoms with Crippen LogP contribution in [0, 0.1) is 0 Å². The molecule has 1 unspecified atom stereocenters. The number of hydrogen-bond acceptors (Lipinski definition) is 9. The van der Waals surface area contributed by atoms with Gasteiger partial charge in [-0.15, -0.1) is 0 Å². The third-order valence-electron chi connectivity index (χ3n) is 6.98. The summed E-state index contributed by atoms with van der Waals surface area (Å²) in [5.74, 6) is -0.844. The van der Waals surface area contributed by atoms with E-state index >= 15 is 0 Å². The summed E-state index contributed by atoms with van der Waals surface area (Å²) < 4.78 is 35.3. The number of fused-ring (bicyclic) bond motifs is 1. The van der Waals surface area contributed by atoms with Crippen molar-refractivity contribution in [2.24, 2.45) is 0 Å². The standard InChI is InChI=1S/C36H28O9/c1-40-35(39)26-17-29(33-30(18-26)44-36(45-33)25-15-9-4-10-16-25)43-32-27(20-37)19-28(41-21-23-11-5-2-6-12-23)34(31(32)38)42-22-24-13-7-3-8-14-24/h2-20,36,38H,21-22H2,1H3. The average molecular weight is 605 g/mol. The fourth-order valence-electron chi connectivity index (χ4n) is 4.73. The van der Waals surface area contributed by atoms with Crippen molar-refractivity contribution in [3.05, 3.63) is 137 Å². The molecule has 5 aromatic carbocycles. The van der Waals surface area contributed by atoms with Crippen LogP contribution in [0.25, 0.3) is 0 Å². The van der Waals surface area contributed by atoms with E-state index in [-0.39, 0.29) is 58.8 Å². The number of phenols is 1. The van der Waals surface area contributed by atoms with Crippen LogP contribution >= 0.6 is 0 Å². The third-order valence-corrected chi connectivity index (χ3v) is 6.98. The van der Waals surface area contributed by atoms with Crippen molar-refractivity contribution in [3.63, 3.8) is 0 Å². The van der Waals surface area contributed by atoms with E-state index in [0.717, 1.165) is 16.7 Å². The largest absolute Gasteiger partial charge is 0.502 e. The van der Waals surface area contributed by atoms with E-state index in [0.29, 0.717) is 6.29 Å². The van der Waals surface area contributed by atoms with Gasteiger partial charge in [0, 0.05) is 5.56 Å². The summed E-state index contributed by atoms with van der Waals surface area (Å²) >= 11 is 0. The molecule has 0 saturated heterocycles. The lowest BCUT2D eigenvalue weighted by atomic mass is 10.1. The van der Waals surface area contributed by atoms with Crippen LogP contribution in [0.3, 0.4) is 0 Å². The second-order valence-corrected chi connectivity index (χ2v) is 10.0. The second kappa shape index (κ2) is 13.1. The van der Waals surface area contributed by atoms with E-state index in [2.05, 4.69) is 0 Å². The van der Waals surface area contributed by atoms with Crippen LogP contribution in [0.15, 0.2) is 109 Å². The summed E-state index contributed by atoms with van der Waals surface area (Å²) in [6.07, 6.45) is -0.297. The maximum atomic E-state index is 12.6. The molecule has 6 rings (SSSR count). The van der Waals surface area contributed by atoms with Gasteiger partial charge >= 0.3 is 5.97 Å². The van der Waals surface area contributed by atoms with Crippen molar-refractivity contribution in [2.75, 3.05) is 7.11 Å². The summed E-state index contributed by atoms with van der Waals surface area (Å²) in [6, 6.07) is 32.3. The summed E-state index contributed by atoms with van der Waals surface area (Å²) in [6.45, 7) is 0.250. The Kier molecular flexibility index (Phi) is 8.50. The monoisotopic (exact) mass is 604 g/mol. The first-order chi connectivity index (χ1) is 22.0. The van der Waals surface area contributed by atoms with Crippen LogP contribution in [-0.2, 0) is 18.0 Å². The van der Waals surface area contributed by atoms with Crippen LogP contribution in [0.5, 0.6) is 40.2 Å². The fourth-order valence-corrected chi connectivity index (χ4v) is 4.73. The van der Waals surface area contributed by atoms with Gasteiger partial charge in [-0.1, -0.05) is 91.0 Å². The lowest BCUT2D eigenvalue weighted by molar-refractivity contribution is 0.0474. The Labute approximate surface area is 259 Å². The minimum absolute atomic E-state index is 0.0108. The van der Waals surface area contributed by atoms with Crippen molar-refractivity contribution in [1.29, 1.82) is 0 Å². The summed E-state index contributed by atoms with van der Waals surface area (Å²) in [7, 11) is 1.25. The minimum atomic E-state index is -0.825. The molecule has 0 saturated carbocycles. The molecule has 1 aliphatic heterocycles. The number of aldehydes is 1. The predicted octanol–water partition coefficient (Wildman–Crippen LogP) is 7.41. The highest BCUT2D eigenvalue weighted by molar-refractivity contribution is 5.91. The molecule has 1 N–H and O–H groups in total. The molecule has 0 aromatic heterocycles. The molecule has 1 heterocycles. The Balaban J connectivity index is 1.40. The van der Waals surface area contributed by atoms with E-state index in [4.69, 9.17) is 28.4 Å². The van der Waals surface area contributed by atoms with Gasteiger partial charge in [0.15, 0.2) is 29.3 Å². The highest BCUT2D eigenvalue weighted by Gasteiger charge is 2.33. The number of esters is 1. The molecule has 0 fully saturated rings. The molecule has 5 aromatic rings. The summed E-state index contributed by atoms with van der Waals surface area (Å²) in [5.41, 5.74) is 2.53. The van der Waals surface area contributed by atoms with Gasteiger partial charge in [0.2, 0.25) is 17.2 Å².